The van der Waals surface area contributed by atoms with Crippen molar-refractivity contribution in [3.8, 4) is 0 Å². The predicted octanol–water partition coefficient (Wildman–Crippen LogP) is 3.74. The maximum Gasteiger partial charge on any atom is -0.0234 e. The van der Waals surface area contributed by atoms with Crippen molar-refractivity contribution in [1.29, 1.82) is 0 Å². The van der Waals surface area contributed by atoms with E-state index in [9.17, 15) is 0 Å². The molecule has 0 saturated carbocycles. The predicted molar refractivity (Wildman–Crippen MR) is 50.3 cm³/mol. The second-order valence-electron chi connectivity index (χ2n) is 3.47. The number of rotatable bonds is 2. The first-order valence-electron chi connectivity index (χ1n) is 4.89. The minimum Gasteiger partial charge on any atom is -0.0883 e. The van der Waals surface area contributed by atoms with Crippen LogP contribution in [0.1, 0.15) is 44.9 Å². The normalized spacial score (nSPS) is 29.0. The first kappa shape index (κ1) is 8.83. The molecule has 11 heavy (non-hydrogen) atoms. The lowest BCUT2D eigenvalue weighted by atomic mass is 9.93. The average molecular weight is 151 g/mol. The molecule has 1 rings (SSSR count). The molecule has 0 bridgehead atoms. The van der Waals surface area contributed by atoms with Gasteiger partial charge in [0, 0.05) is 0 Å². The zero-order valence-electron chi connectivity index (χ0n) is 7.39. The molecule has 1 atom stereocenters. The van der Waals surface area contributed by atoms with Crippen LogP contribution in [-0.4, -0.2) is 0 Å². The van der Waals surface area contributed by atoms with Gasteiger partial charge >= 0.3 is 0 Å². The maximum atomic E-state index is 3.90. The molecule has 0 heteroatoms. The zero-order chi connectivity index (χ0) is 7.94. The summed E-state index contributed by atoms with van der Waals surface area (Å²) >= 11 is 0. The van der Waals surface area contributed by atoms with E-state index in [1.54, 1.807) is 0 Å². The fourth-order valence-corrected chi connectivity index (χ4v) is 1.73. The molecule has 0 nitrogen and oxygen atoms in total. The van der Waals surface area contributed by atoms with E-state index in [4.69, 9.17) is 0 Å². The summed E-state index contributed by atoms with van der Waals surface area (Å²) < 4.78 is 0. The van der Waals surface area contributed by atoms with Crippen molar-refractivity contribution >= 4 is 0 Å². The molecule has 0 N–H and O–H groups in total. The molecular formula is C11H19. The second kappa shape index (κ2) is 5.40. The first-order valence-corrected chi connectivity index (χ1v) is 4.89. The maximum absolute atomic E-state index is 3.90. The summed E-state index contributed by atoms with van der Waals surface area (Å²) in [7, 11) is 0. The van der Waals surface area contributed by atoms with Crippen molar-refractivity contribution in [1.82, 2.24) is 0 Å². The van der Waals surface area contributed by atoms with E-state index in [0.717, 1.165) is 12.3 Å². The molecule has 0 spiro atoms. The fraction of sp³-hybridized carbons (Fsp3) is 0.727. The van der Waals surface area contributed by atoms with Gasteiger partial charge in [0.2, 0.25) is 0 Å². The number of hydrogen-bond acceptors (Lipinski definition) is 0. The molecule has 0 heterocycles. The van der Waals surface area contributed by atoms with Crippen molar-refractivity contribution in [2.24, 2.45) is 5.92 Å². The van der Waals surface area contributed by atoms with E-state index in [1.165, 1.54) is 38.5 Å². The Morgan fingerprint density at radius 3 is 3.00 bits per heavy atom. The summed E-state index contributed by atoms with van der Waals surface area (Å²) in [6, 6.07) is 0. The standard InChI is InChI=1S/C11H19/c1-2-8-11-9-6-4-3-5-7-10-11/h6,9,11H,1-5,7-8,10H2/b9-6-. The Morgan fingerprint density at radius 2 is 2.18 bits per heavy atom. The Balaban J connectivity index is 2.29. The van der Waals surface area contributed by atoms with E-state index in [-0.39, 0.29) is 0 Å². The molecule has 1 aliphatic carbocycles. The summed E-state index contributed by atoms with van der Waals surface area (Å²) in [6.45, 7) is 3.90. The highest BCUT2D eigenvalue weighted by Gasteiger charge is 2.04. The molecule has 0 amide bonds. The molecule has 0 saturated heterocycles. The molecule has 0 aromatic rings. The van der Waals surface area contributed by atoms with Crippen LogP contribution in [0.2, 0.25) is 0 Å². The quantitative estimate of drug-likeness (QED) is 0.527. The van der Waals surface area contributed by atoms with Gasteiger partial charge in [-0.15, -0.1) is 0 Å². The smallest absolute Gasteiger partial charge is 0.0234 e. The Hall–Kier alpha value is -0.260. The number of hydrogen-bond donors (Lipinski definition) is 0. The molecule has 1 radical (unpaired) electrons. The Kier molecular flexibility index (Phi) is 4.33. The SMILES string of the molecule is [CH2]CCC1/C=C\CCCCC1. The molecule has 0 aromatic heterocycles. The van der Waals surface area contributed by atoms with Crippen LogP contribution < -0.4 is 0 Å². The van der Waals surface area contributed by atoms with Crippen molar-refractivity contribution in [3.63, 3.8) is 0 Å². The van der Waals surface area contributed by atoms with Crippen LogP contribution in [-0.2, 0) is 0 Å². The van der Waals surface area contributed by atoms with Crippen LogP contribution in [0.25, 0.3) is 0 Å². The molecule has 1 aliphatic rings. The third-order valence-corrected chi connectivity index (χ3v) is 2.43. The zero-order valence-corrected chi connectivity index (χ0v) is 7.39. The van der Waals surface area contributed by atoms with Gasteiger partial charge in [-0.05, 0) is 31.6 Å². The van der Waals surface area contributed by atoms with Crippen LogP contribution in [0.4, 0.5) is 0 Å². The Bertz CT molecular complexity index is 113. The van der Waals surface area contributed by atoms with Crippen LogP contribution in [0.3, 0.4) is 0 Å². The second-order valence-corrected chi connectivity index (χ2v) is 3.47. The highest BCUT2D eigenvalue weighted by atomic mass is 14.1. The van der Waals surface area contributed by atoms with E-state index in [0.29, 0.717) is 0 Å². The third-order valence-electron chi connectivity index (χ3n) is 2.43. The minimum atomic E-state index is 0.841. The fourth-order valence-electron chi connectivity index (χ4n) is 1.73. The van der Waals surface area contributed by atoms with Gasteiger partial charge in [0.05, 0.1) is 0 Å². The monoisotopic (exact) mass is 151 g/mol. The van der Waals surface area contributed by atoms with Crippen molar-refractivity contribution in [3.05, 3.63) is 19.1 Å². The van der Waals surface area contributed by atoms with Crippen molar-refractivity contribution in [2.75, 3.05) is 0 Å². The van der Waals surface area contributed by atoms with Gasteiger partial charge in [-0.3, -0.25) is 0 Å². The van der Waals surface area contributed by atoms with Gasteiger partial charge in [-0.1, -0.05) is 38.3 Å². The van der Waals surface area contributed by atoms with Crippen LogP contribution in [0.5, 0.6) is 0 Å². The first-order chi connectivity index (χ1) is 5.43. The van der Waals surface area contributed by atoms with E-state index in [1.807, 2.05) is 0 Å². The lowest BCUT2D eigenvalue weighted by molar-refractivity contribution is 0.495. The van der Waals surface area contributed by atoms with Crippen molar-refractivity contribution < 1.29 is 0 Å². The van der Waals surface area contributed by atoms with Gasteiger partial charge in [-0.2, -0.15) is 0 Å². The molecule has 1 unspecified atom stereocenters. The Labute approximate surface area is 70.7 Å². The third kappa shape index (κ3) is 3.60. The summed E-state index contributed by atoms with van der Waals surface area (Å²) in [5.74, 6) is 0.841. The lowest BCUT2D eigenvalue weighted by Gasteiger charge is -2.13. The topological polar surface area (TPSA) is 0 Å². The summed E-state index contributed by atoms with van der Waals surface area (Å²) in [4.78, 5) is 0. The average Bonchev–Trinajstić information content (AvgIpc) is 1.94. The van der Waals surface area contributed by atoms with Crippen molar-refractivity contribution in [2.45, 2.75) is 44.9 Å². The molecular weight excluding hydrogens is 132 g/mol. The molecule has 0 aliphatic heterocycles. The van der Waals surface area contributed by atoms with Gasteiger partial charge in [0.25, 0.3) is 0 Å². The summed E-state index contributed by atoms with van der Waals surface area (Å²) in [5.41, 5.74) is 0. The van der Waals surface area contributed by atoms with E-state index in [2.05, 4.69) is 19.1 Å². The van der Waals surface area contributed by atoms with Crippen LogP contribution >= 0.6 is 0 Å². The molecule has 63 valence electrons. The van der Waals surface area contributed by atoms with Gasteiger partial charge < -0.3 is 0 Å². The summed E-state index contributed by atoms with van der Waals surface area (Å²) in [6.07, 6.45) is 14.1. The number of allylic oxidation sites excluding steroid dienone is 2. The minimum absolute atomic E-state index is 0.841. The van der Waals surface area contributed by atoms with Crippen LogP contribution in [0, 0.1) is 12.8 Å². The highest BCUT2D eigenvalue weighted by molar-refractivity contribution is 4.89. The Morgan fingerprint density at radius 1 is 1.27 bits per heavy atom. The lowest BCUT2D eigenvalue weighted by Crippen LogP contribution is -1.98. The summed E-state index contributed by atoms with van der Waals surface area (Å²) in [5, 5.41) is 0. The molecule has 0 aromatic carbocycles. The van der Waals surface area contributed by atoms with Gasteiger partial charge in [0.1, 0.15) is 0 Å². The molecule has 0 fully saturated rings. The van der Waals surface area contributed by atoms with E-state index >= 15 is 0 Å². The largest absolute Gasteiger partial charge is 0.0883 e. The van der Waals surface area contributed by atoms with Crippen LogP contribution in [0.15, 0.2) is 12.2 Å². The van der Waals surface area contributed by atoms with E-state index < -0.39 is 0 Å². The van der Waals surface area contributed by atoms with Gasteiger partial charge in [-0.25, -0.2) is 0 Å². The highest BCUT2D eigenvalue weighted by Crippen LogP contribution is 2.20. The van der Waals surface area contributed by atoms with Gasteiger partial charge in [0.15, 0.2) is 0 Å².